The predicted octanol–water partition coefficient (Wildman–Crippen LogP) is 4.39. The van der Waals surface area contributed by atoms with Crippen LogP contribution in [0.1, 0.15) is 0 Å². The van der Waals surface area contributed by atoms with E-state index in [9.17, 15) is 4.39 Å². The van der Waals surface area contributed by atoms with E-state index in [1.165, 1.54) is 30.0 Å². The van der Waals surface area contributed by atoms with Gasteiger partial charge in [0.25, 0.3) is 0 Å². The van der Waals surface area contributed by atoms with Gasteiger partial charge in [0.1, 0.15) is 16.8 Å². The fourth-order valence-corrected chi connectivity index (χ4v) is 2.11. The zero-order valence-electron chi connectivity index (χ0n) is 9.25. The lowest BCUT2D eigenvalue weighted by Crippen LogP contribution is -1.97. The molecule has 1 N–H and O–H groups in total. The van der Waals surface area contributed by atoms with Crippen molar-refractivity contribution in [1.29, 1.82) is 0 Å². The molecule has 94 valence electrons. The van der Waals surface area contributed by atoms with Gasteiger partial charge in [0.15, 0.2) is 5.16 Å². The molecule has 3 nitrogen and oxygen atoms in total. The Labute approximate surface area is 118 Å². The molecule has 0 radical (unpaired) electrons. The lowest BCUT2D eigenvalue weighted by Gasteiger charge is -2.08. The van der Waals surface area contributed by atoms with E-state index in [-0.39, 0.29) is 5.02 Å². The largest absolute Gasteiger partial charge is 0.339 e. The number of rotatable bonds is 3. The number of benzene rings is 1. The molecule has 1 aromatic carbocycles. The van der Waals surface area contributed by atoms with E-state index in [0.29, 0.717) is 21.8 Å². The highest BCUT2D eigenvalue weighted by atomic mass is 35.5. The summed E-state index contributed by atoms with van der Waals surface area (Å²) >= 11 is 13.1. The number of nitrogens with zero attached hydrogens (tertiary/aromatic N) is 2. The second-order valence-electron chi connectivity index (χ2n) is 3.31. The highest BCUT2D eigenvalue weighted by Gasteiger charge is 2.06. The van der Waals surface area contributed by atoms with E-state index in [1.54, 1.807) is 6.07 Å². The molecular weight excluding hydrogens is 296 g/mol. The second-order valence-corrected chi connectivity index (χ2v) is 4.88. The van der Waals surface area contributed by atoms with Crippen LogP contribution in [0.4, 0.5) is 15.9 Å². The molecule has 7 heteroatoms. The zero-order valence-corrected chi connectivity index (χ0v) is 11.6. The Kier molecular flexibility index (Phi) is 4.27. The number of hydrogen-bond acceptors (Lipinski definition) is 4. The summed E-state index contributed by atoms with van der Waals surface area (Å²) < 4.78 is 12.9. The molecule has 0 saturated carbocycles. The van der Waals surface area contributed by atoms with Gasteiger partial charge in [-0.15, -0.1) is 0 Å². The van der Waals surface area contributed by atoms with Crippen LogP contribution in [0, 0.1) is 5.82 Å². The van der Waals surface area contributed by atoms with Crippen molar-refractivity contribution >= 4 is 46.5 Å². The highest BCUT2D eigenvalue weighted by molar-refractivity contribution is 7.98. The Bertz CT molecular complexity index is 580. The van der Waals surface area contributed by atoms with Crippen molar-refractivity contribution in [2.45, 2.75) is 5.16 Å². The topological polar surface area (TPSA) is 37.8 Å². The van der Waals surface area contributed by atoms with Crippen molar-refractivity contribution < 1.29 is 4.39 Å². The van der Waals surface area contributed by atoms with Crippen molar-refractivity contribution in [3.8, 4) is 0 Å². The maximum Gasteiger partial charge on any atom is 0.190 e. The van der Waals surface area contributed by atoms with Gasteiger partial charge in [-0.3, -0.25) is 0 Å². The third-order valence-electron chi connectivity index (χ3n) is 2.05. The predicted molar refractivity (Wildman–Crippen MR) is 73.5 cm³/mol. The van der Waals surface area contributed by atoms with Crippen LogP contribution in [0.15, 0.2) is 29.4 Å². The standard InChI is InChI=1S/C11H8Cl2FN3S/c1-18-11-16-9(13)5-10(17-11)15-8-3-2-6(14)4-7(8)12/h2-5H,1H3,(H,15,16,17). The van der Waals surface area contributed by atoms with Crippen molar-refractivity contribution in [3.63, 3.8) is 0 Å². The lowest BCUT2D eigenvalue weighted by atomic mass is 10.3. The Morgan fingerprint density at radius 2 is 2.00 bits per heavy atom. The Morgan fingerprint density at radius 3 is 2.67 bits per heavy atom. The molecule has 0 aliphatic carbocycles. The summed E-state index contributed by atoms with van der Waals surface area (Å²) in [7, 11) is 0. The van der Waals surface area contributed by atoms with Crippen molar-refractivity contribution in [1.82, 2.24) is 9.97 Å². The Morgan fingerprint density at radius 1 is 1.22 bits per heavy atom. The minimum Gasteiger partial charge on any atom is -0.339 e. The van der Waals surface area contributed by atoms with Crippen LogP contribution in [0.25, 0.3) is 0 Å². The number of anilines is 2. The van der Waals surface area contributed by atoms with Gasteiger partial charge in [0.05, 0.1) is 10.7 Å². The molecule has 1 heterocycles. The Hall–Kier alpha value is -1.04. The summed E-state index contributed by atoms with van der Waals surface area (Å²) in [5, 5.41) is 4.11. The SMILES string of the molecule is CSc1nc(Cl)cc(Nc2ccc(F)cc2Cl)n1. The molecule has 0 atom stereocenters. The number of aromatic nitrogens is 2. The van der Waals surface area contributed by atoms with Gasteiger partial charge in [-0.1, -0.05) is 35.0 Å². The average Bonchev–Trinajstić information content (AvgIpc) is 2.32. The average molecular weight is 304 g/mol. The monoisotopic (exact) mass is 303 g/mol. The quantitative estimate of drug-likeness (QED) is 0.518. The zero-order chi connectivity index (χ0) is 13.1. The minimum absolute atomic E-state index is 0.274. The van der Waals surface area contributed by atoms with Crippen molar-refractivity contribution in [2.75, 3.05) is 11.6 Å². The first-order valence-corrected chi connectivity index (χ1v) is 6.87. The molecule has 0 amide bonds. The fraction of sp³-hybridized carbons (Fsp3) is 0.0909. The van der Waals surface area contributed by atoms with Crippen LogP contribution in [0.5, 0.6) is 0 Å². The molecule has 0 aliphatic rings. The summed E-state index contributed by atoms with van der Waals surface area (Å²) in [6.45, 7) is 0. The normalized spacial score (nSPS) is 10.4. The summed E-state index contributed by atoms with van der Waals surface area (Å²) in [6, 6.07) is 5.64. The van der Waals surface area contributed by atoms with E-state index in [0.717, 1.165) is 0 Å². The molecule has 1 aromatic heterocycles. The number of halogens is 3. The van der Waals surface area contributed by atoms with Crippen molar-refractivity contribution in [3.05, 3.63) is 40.3 Å². The van der Waals surface area contributed by atoms with Crippen LogP contribution in [0.3, 0.4) is 0 Å². The molecule has 0 fully saturated rings. The first-order valence-electron chi connectivity index (χ1n) is 4.89. The summed E-state index contributed by atoms with van der Waals surface area (Å²) in [4.78, 5) is 8.23. The number of hydrogen-bond donors (Lipinski definition) is 1. The highest BCUT2D eigenvalue weighted by Crippen LogP contribution is 2.26. The molecule has 0 aliphatic heterocycles. The number of nitrogens with one attached hydrogen (secondary N) is 1. The second kappa shape index (κ2) is 5.73. The smallest absolute Gasteiger partial charge is 0.190 e. The van der Waals surface area contributed by atoms with E-state index < -0.39 is 5.82 Å². The van der Waals surface area contributed by atoms with Gasteiger partial charge in [0, 0.05) is 6.07 Å². The van der Waals surface area contributed by atoms with Gasteiger partial charge >= 0.3 is 0 Å². The molecule has 0 spiro atoms. The van der Waals surface area contributed by atoms with Gasteiger partial charge in [-0.25, -0.2) is 14.4 Å². The van der Waals surface area contributed by atoms with Crippen LogP contribution in [0.2, 0.25) is 10.2 Å². The molecule has 0 bridgehead atoms. The lowest BCUT2D eigenvalue weighted by molar-refractivity contribution is 0.628. The van der Waals surface area contributed by atoms with E-state index in [1.807, 2.05) is 6.26 Å². The van der Waals surface area contributed by atoms with Gasteiger partial charge < -0.3 is 5.32 Å². The summed E-state index contributed by atoms with van der Waals surface area (Å²) in [5.74, 6) is 0.115. The molecule has 2 aromatic rings. The first-order chi connectivity index (χ1) is 8.58. The fourth-order valence-electron chi connectivity index (χ4n) is 1.28. The molecule has 2 rings (SSSR count). The first kappa shape index (κ1) is 13.4. The maximum absolute atomic E-state index is 12.9. The molecule has 0 saturated heterocycles. The van der Waals surface area contributed by atoms with E-state index in [2.05, 4.69) is 15.3 Å². The number of thioether (sulfide) groups is 1. The molecule has 0 unspecified atom stereocenters. The van der Waals surface area contributed by atoms with Gasteiger partial charge in [-0.05, 0) is 24.5 Å². The van der Waals surface area contributed by atoms with Crippen LogP contribution < -0.4 is 5.32 Å². The minimum atomic E-state index is -0.393. The van der Waals surface area contributed by atoms with E-state index >= 15 is 0 Å². The van der Waals surface area contributed by atoms with E-state index in [4.69, 9.17) is 23.2 Å². The van der Waals surface area contributed by atoms with Crippen LogP contribution in [-0.4, -0.2) is 16.2 Å². The molecular formula is C11H8Cl2FN3S. The van der Waals surface area contributed by atoms with Gasteiger partial charge in [0.2, 0.25) is 0 Å². The maximum atomic E-state index is 12.9. The van der Waals surface area contributed by atoms with Crippen LogP contribution >= 0.6 is 35.0 Å². The summed E-state index contributed by atoms with van der Waals surface area (Å²) in [5.41, 5.74) is 0.555. The summed E-state index contributed by atoms with van der Waals surface area (Å²) in [6.07, 6.45) is 1.85. The van der Waals surface area contributed by atoms with Crippen molar-refractivity contribution in [2.24, 2.45) is 0 Å². The molecule has 18 heavy (non-hydrogen) atoms. The Balaban J connectivity index is 2.30. The van der Waals surface area contributed by atoms with Crippen LogP contribution in [-0.2, 0) is 0 Å². The van der Waals surface area contributed by atoms with Gasteiger partial charge in [-0.2, -0.15) is 0 Å². The third-order valence-corrected chi connectivity index (χ3v) is 3.10. The third kappa shape index (κ3) is 3.25.